The summed E-state index contributed by atoms with van der Waals surface area (Å²) in [4.78, 5) is 0. The van der Waals surface area contributed by atoms with Crippen molar-refractivity contribution >= 4 is 0 Å². The third kappa shape index (κ3) is 3.42. The van der Waals surface area contributed by atoms with Gasteiger partial charge in [0.2, 0.25) is 5.88 Å². The standard InChI is InChI=1S/C17H28N2O2/c1-12(21-17(2,3)4)19-10-9-16(18-19)20-11-15-13-5-6-14(15)8-7-13/h9-10,12-15H,5-8,11H2,1-4H3. The van der Waals surface area contributed by atoms with Gasteiger partial charge in [0.15, 0.2) is 0 Å². The van der Waals surface area contributed by atoms with Crippen LogP contribution < -0.4 is 4.74 Å². The second-order valence-electron chi connectivity index (χ2n) is 7.61. The molecule has 0 radical (unpaired) electrons. The highest BCUT2D eigenvalue weighted by Crippen LogP contribution is 2.49. The Labute approximate surface area is 127 Å². The van der Waals surface area contributed by atoms with Crippen molar-refractivity contribution < 1.29 is 9.47 Å². The lowest BCUT2D eigenvalue weighted by Gasteiger charge is -2.25. The second kappa shape index (κ2) is 5.64. The SMILES string of the molecule is CC(OC(C)(C)C)n1ccc(OCC2C3CCC2CC3)n1. The summed E-state index contributed by atoms with van der Waals surface area (Å²) in [6, 6.07) is 1.94. The molecular weight excluding hydrogens is 264 g/mol. The highest BCUT2D eigenvalue weighted by atomic mass is 16.5. The summed E-state index contributed by atoms with van der Waals surface area (Å²) in [6.45, 7) is 9.01. The minimum Gasteiger partial charge on any atom is -0.476 e. The van der Waals surface area contributed by atoms with Gasteiger partial charge >= 0.3 is 0 Å². The fourth-order valence-electron chi connectivity index (χ4n) is 4.01. The Bertz CT molecular complexity index is 457. The minimum atomic E-state index is -0.171. The summed E-state index contributed by atoms with van der Waals surface area (Å²) in [7, 11) is 0. The van der Waals surface area contributed by atoms with Crippen LogP contribution in [0.5, 0.6) is 5.88 Å². The van der Waals surface area contributed by atoms with Crippen LogP contribution in [0.25, 0.3) is 0 Å². The van der Waals surface area contributed by atoms with E-state index < -0.39 is 0 Å². The Morgan fingerprint density at radius 1 is 1.24 bits per heavy atom. The van der Waals surface area contributed by atoms with Crippen molar-refractivity contribution in [2.75, 3.05) is 6.61 Å². The molecule has 0 amide bonds. The molecule has 1 atom stereocenters. The Morgan fingerprint density at radius 3 is 2.43 bits per heavy atom. The van der Waals surface area contributed by atoms with Crippen molar-refractivity contribution in [3.63, 3.8) is 0 Å². The van der Waals surface area contributed by atoms with Crippen LogP contribution >= 0.6 is 0 Å². The van der Waals surface area contributed by atoms with Gasteiger partial charge in [-0.15, -0.1) is 5.10 Å². The molecule has 1 aromatic rings. The summed E-state index contributed by atoms with van der Waals surface area (Å²) in [5, 5.41) is 4.50. The number of hydrogen-bond donors (Lipinski definition) is 0. The number of rotatable bonds is 5. The Balaban J connectivity index is 1.53. The van der Waals surface area contributed by atoms with Gasteiger partial charge in [0.1, 0.15) is 6.23 Å². The van der Waals surface area contributed by atoms with E-state index >= 15 is 0 Å². The van der Waals surface area contributed by atoms with E-state index in [9.17, 15) is 0 Å². The lowest BCUT2D eigenvalue weighted by Crippen LogP contribution is -2.24. The molecule has 1 heterocycles. The quantitative estimate of drug-likeness (QED) is 0.822. The molecule has 3 rings (SSSR count). The van der Waals surface area contributed by atoms with Gasteiger partial charge in [-0.1, -0.05) is 0 Å². The molecule has 1 aromatic heterocycles. The molecule has 2 aliphatic rings. The zero-order chi connectivity index (χ0) is 15.0. The molecule has 0 N–H and O–H groups in total. The summed E-state index contributed by atoms with van der Waals surface area (Å²) >= 11 is 0. The molecule has 4 heteroatoms. The van der Waals surface area contributed by atoms with E-state index in [0.717, 1.165) is 30.2 Å². The van der Waals surface area contributed by atoms with Crippen molar-refractivity contribution in [3.05, 3.63) is 12.3 Å². The maximum atomic E-state index is 5.94. The smallest absolute Gasteiger partial charge is 0.232 e. The molecule has 4 nitrogen and oxygen atoms in total. The van der Waals surface area contributed by atoms with E-state index in [1.807, 2.05) is 23.9 Å². The highest BCUT2D eigenvalue weighted by molar-refractivity contribution is 5.06. The first kappa shape index (κ1) is 14.9. The molecular formula is C17H28N2O2. The predicted molar refractivity (Wildman–Crippen MR) is 82.2 cm³/mol. The average Bonchev–Trinajstić information content (AvgIpc) is 3.09. The van der Waals surface area contributed by atoms with E-state index in [1.54, 1.807) is 0 Å². The number of ether oxygens (including phenoxy) is 2. The van der Waals surface area contributed by atoms with Crippen LogP contribution in [0.2, 0.25) is 0 Å². The molecule has 0 spiro atoms. The molecule has 0 aliphatic heterocycles. The molecule has 2 bridgehead atoms. The second-order valence-corrected chi connectivity index (χ2v) is 7.61. The van der Waals surface area contributed by atoms with Crippen molar-refractivity contribution in [2.45, 2.75) is 65.2 Å². The molecule has 2 saturated carbocycles. The summed E-state index contributed by atoms with van der Waals surface area (Å²) in [5.74, 6) is 3.30. The topological polar surface area (TPSA) is 36.3 Å². The zero-order valence-corrected chi connectivity index (χ0v) is 13.7. The van der Waals surface area contributed by atoms with Gasteiger partial charge in [0.25, 0.3) is 0 Å². The van der Waals surface area contributed by atoms with Crippen LogP contribution in [-0.2, 0) is 4.74 Å². The van der Waals surface area contributed by atoms with E-state index in [-0.39, 0.29) is 11.8 Å². The van der Waals surface area contributed by atoms with Gasteiger partial charge in [-0.3, -0.25) is 0 Å². The van der Waals surface area contributed by atoms with Crippen LogP contribution in [0.3, 0.4) is 0 Å². The van der Waals surface area contributed by atoms with E-state index in [2.05, 4.69) is 25.9 Å². The number of hydrogen-bond acceptors (Lipinski definition) is 3. The van der Waals surface area contributed by atoms with E-state index in [0.29, 0.717) is 0 Å². The lowest BCUT2D eigenvalue weighted by atomic mass is 9.99. The number of nitrogens with zero attached hydrogens (tertiary/aromatic N) is 2. The molecule has 0 saturated heterocycles. The first-order valence-electron chi connectivity index (χ1n) is 8.28. The van der Waals surface area contributed by atoms with Gasteiger partial charge < -0.3 is 9.47 Å². The third-order valence-electron chi connectivity index (χ3n) is 4.93. The van der Waals surface area contributed by atoms with Crippen LogP contribution in [0.4, 0.5) is 0 Å². The van der Waals surface area contributed by atoms with Gasteiger partial charge in [-0.05, 0) is 71.1 Å². The fraction of sp³-hybridized carbons (Fsp3) is 0.824. The van der Waals surface area contributed by atoms with Gasteiger partial charge in [0.05, 0.1) is 12.2 Å². The van der Waals surface area contributed by atoms with Gasteiger partial charge in [0, 0.05) is 12.3 Å². The summed E-state index contributed by atoms with van der Waals surface area (Å²) < 4.78 is 13.7. The molecule has 1 unspecified atom stereocenters. The Hall–Kier alpha value is -1.03. The van der Waals surface area contributed by atoms with Crippen molar-refractivity contribution in [1.29, 1.82) is 0 Å². The minimum absolute atomic E-state index is 0.0787. The monoisotopic (exact) mass is 292 g/mol. The molecule has 21 heavy (non-hydrogen) atoms. The van der Waals surface area contributed by atoms with Crippen LogP contribution in [0.15, 0.2) is 12.3 Å². The number of aromatic nitrogens is 2. The van der Waals surface area contributed by atoms with Crippen molar-refractivity contribution in [1.82, 2.24) is 9.78 Å². The Morgan fingerprint density at radius 2 is 1.86 bits per heavy atom. The van der Waals surface area contributed by atoms with Crippen LogP contribution in [0, 0.1) is 17.8 Å². The molecule has 118 valence electrons. The highest BCUT2D eigenvalue weighted by Gasteiger charge is 2.41. The maximum Gasteiger partial charge on any atom is 0.232 e. The Kier molecular flexibility index (Phi) is 4.00. The van der Waals surface area contributed by atoms with E-state index in [4.69, 9.17) is 9.47 Å². The predicted octanol–water partition coefficient (Wildman–Crippen LogP) is 4.03. The molecule has 2 fully saturated rings. The largest absolute Gasteiger partial charge is 0.476 e. The van der Waals surface area contributed by atoms with E-state index in [1.165, 1.54) is 25.7 Å². The third-order valence-corrected chi connectivity index (χ3v) is 4.93. The van der Waals surface area contributed by atoms with Gasteiger partial charge in [-0.2, -0.15) is 0 Å². The first-order valence-corrected chi connectivity index (χ1v) is 8.28. The average molecular weight is 292 g/mol. The first-order chi connectivity index (χ1) is 9.92. The van der Waals surface area contributed by atoms with Crippen LogP contribution in [-0.4, -0.2) is 22.0 Å². The fourth-order valence-corrected chi connectivity index (χ4v) is 4.01. The zero-order valence-electron chi connectivity index (χ0n) is 13.7. The summed E-state index contributed by atoms with van der Waals surface area (Å²) in [5.41, 5.74) is -0.171. The maximum absolute atomic E-state index is 5.94. The molecule has 0 aromatic carbocycles. The number of fused-ring (bicyclic) bond motifs is 2. The normalized spacial score (nSPS) is 29.8. The van der Waals surface area contributed by atoms with Crippen LogP contribution in [0.1, 0.15) is 59.6 Å². The lowest BCUT2D eigenvalue weighted by molar-refractivity contribution is -0.0921. The van der Waals surface area contributed by atoms with Gasteiger partial charge in [-0.25, -0.2) is 4.68 Å². The summed E-state index contributed by atoms with van der Waals surface area (Å²) in [6.07, 6.45) is 7.49. The van der Waals surface area contributed by atoms with Crippen molar-refractivity contribution in [3.8, 4) is 5.88 Å². The molecule has 2 aliphatic carbocycles. The van der Waals surface area contributed by atoms with Crippen molar-refractivity contribution in [2.24, 2.45) is 17.8 Å².